The Bertz CT molecular complexity index is 2680. The predicted molar refractivity (Wildman–Crippen MR) is 231 cm³/mol. The zero-order chi connectivity index (χ0) is 40.9. The van der Waals surface area contributed by atoms with Crippen molar-refractivity contribution < 1.29 is 19.4 Å². The van der Waals surface area contributed by atoms with Crippen molar-refractivity contribution in [1.82, 2.24) is 24.8 Å². The van der Waals surface area contributed by atoms with Gasteiger partial charge in [0.1, 0.15) is 5.75 Å². The SMILES string of the molecule is COc1ccc([Si](C)(C)[C@@H]2[C@@H](CCn3cc(C(CO)c4ccccc4)nn3)O[C@]3(C(=O)N(Cc4ccccc4)c4ccc(-n5[nH]c6ccccc6c5=O)cc43)[C@H]2C)cc1. The van der Waals surface area contributed by atoms with Crippen molar-refractivity contribution in [2.75, 3.05) is 18.6 Å². The number of fused-ring (bicyclic) bond motifs is 3. The fourth-order valence-electron chi connectivity index (χ4n) is 9.77. The van der Waals surface area contributed by atoms with Crippen LogP contribution in [-0.2, 0) is 28.2 Å². The number of H-pyrrole nitrogens is 1. The van der Waals surface area contributed by atoms with E-state index in [-0.39, 0.29) is 41.6 Å². The Kier molecular flexibility index (Phi) is 9.94. The third kappa shape index (κ3) is 6.51. The van der Waals surface area contributed by atoms with Gasteiger partial charge in [-0.1, -0.05) is 115 Å². The molecule has 1 fully saturated rings. The largest absolute Gasteiger partial charge is 0.497 e. The number of benzene rings is 5. The van der Waals surface area contributed by atoms with Crippen LogP contribution in [0.5, 0.6) is 5.75 Å². The van der Waals surface area contributed by atoms with E-state index in [1.165, 1.54) is 5.19 Å². The Hall–Kier alpha value is -6.08. The molecule has 1 spiro atoms. The summed E-state index contributed by atoms with van der Waals surface area (Å²) in [6, 6.07) is 41.5. The Morgan fingerprint density at radius 2 is 1.63 bits per heavy atom. The number of amides is 1. The van der Waals surface area contributed by atoms with Gasteiger partial charge in [-0.15, -0.1) is 5.10 Å². The molecule has 12 heteroatoms. The van der Waals surface area contributed by atoms with Crippen LogP contribution in [0.4, 0.5) is 5.69 Å². The molecule has 59 heavy (non-hydrogen) atoms. The average Bonchev–Trinajstić information content (AvgIpc) is 4.01. The summed E-state index contributed by atoms with van der Waals surface area (Å²) in [6.45, 7) is 7.69. The van der Waals surface area contributed by atoms with Crippen LogP contribution >= 0.6 is 0 Å². The third-order valence-electron chi connectivity index (χ3n) is 12.8. The van der Waals surface area contributed by atoms with E-state index in [2.05, 4.69) is 47.6 Å². The number of para-hydroxylation sites is 1. The second-order valence-electron chi connectivity index (χ2n) is 16.4. The van der Waals surface area contributed by atoms with Crippen LogP contribution in [0.2, 0.25) is 18.6 Å². The van der Waals surface area contributed by atoms with E-state index in [1.54, 1.807) is 11.8 Å². The topological polar surface area (TPSA) is 127 Å². The minimum absolute atomic E-state index is 0.0127. The predicted octanol–water partition coefficient (Wildman–Crippen LogP) is 6.90. The van der Waals surface area contributed by atoms with Gasteiger partial charge in [-0.05, 0) is 65.6 Å². The number of anilines is 1. The summed E-state index contributed by atoms with van der Waals surface area (Å²) >= 11 is 0. The van der Waals surface area contributed by atoms with Gasteiger partial charge < -0.3 is 19.5 Å². The molecule has 7 aromatic rings. The van der Waals surface area contributed by atoms with Gasteiger partial charge in [-0.25, -0.2) is 4.68 Å². The van der Waals surface area contributed by atoms with Crippen molar-refractivity contribution in [2.45, 2.75) is 62.7 Å². The van der Waals surface area contributed by atoms with Crippen molar-refractivity contribution >= 4 is 35.8 Å². The van der Waals surface area contributed by atoms with Gasteiger partial charge in [-0.3, -0.25) is 19.4 Å². The number of hydrogen-bond donors (Lipinski definition) is 2. The molecule has 5 atom stereocenters. The second-order valence-corrected chi connectivity index (χ2v) is 21.1. The molecular formula is C47H48N6O5Si. The molecule has 2 aliphatic heterocycles. The van der Waals surface area contributed by atoms with E-state index < -0.39 is 13.7 Å². The van der Waals surface area contributed by atoms with Crippen molar-refractivity contribution in [2.24, 2.45) is 5.92 Å². The number of aromatic amines is 1. The zero-order valence-electron chi connectivity index (χ0n) is 33.7. The normalized spacial score (nSPS) is 20.7. The molecule has 2 aliphatic rings. The van der Waals surface area contributed by atoms with Crippen LogP contribution in [0.1, 0.15) is 41.6 Å². The highest BCUT2D eigenvalue weighted by atomic mass is 28.3. The van der Waals surface area contributed by atoms with Crippen molar-refractivity contribution in [3.63, 3.8) is 0 Å². The van der Waals surface area contributed by atoms with Crippen LogP contribution < -0.4 is 20.4 Å². The molecule has 11 nitrogen and oxygen atoms in total. The van der Waals surface area contributed by atoms with Crippen molar-refractivity contribution in [3.8, 4) is 11.4 Å². The molecular weight excluding hydrogens is 757 g/mol. The Morgan fingerprint density at radius 1 is 0.915 bits per heavy atom. The van der Waals surface area contributed by atoms with Gasteiger partial charge in [0.05, 0.1) is 68.3 Å². The fourth-order valence-corrected chi connectivity index (χ4v) is 13.8. The number of aromatic nitrogens is 5. The van der Waals surface area contributed by atoms with Gasteiger partial charge in [-0.2, -0.15) is 0 Å². The molecule has 5 aromatic carbocycles. The number of carbonyl (C=O) groups is 1. The Morgan fingerprint density at radius 3 is 2.34 bits per heavy atom. The molecule has 2 aromatic heterocycles. The number of methoxy groups -OCH3 is 1. The van der Waals surface area contributed by atoms with E-state index in [4.69, 9.17) is 9.47 Å². The molecule has 1 amide bonds. The summed E-state index contributed by atoms with van der Waals surface area (Å²) in [5.74, 6) is 0.138. The third-order valence-corrected chi connectivity index (χ3v) is 17.2. The number of nitrogens with zero attached hydrogens (tertiary/aromatic N) is 5. The lowest BCUT2D eigenvalue weighted by molar-refractivity contribution is -0.146. The number of rotatable bonds is 12. The van der Waals surface area contributed by atoms with Gasteiger partial charge in [0.25, 0.3) is 11.5 Å². The standard InChI is InChI=1S/C47H48N6O5Si/c1-31-44(59(3,4)36-22-20-35(57-2)21-23-36)43(25-26-51-29-41(48-50-51)38(30-54)33-15-9-6-10-16-33)58-47(31)39-27-34(53-45(55)37-17-11-12-18-40(37)49-53)19-24-42(39)52(46(47)56)28-32-13-7-5-8-14-32/h5-24,27,29,31,38,43-44,49,54H,25-26,28,30H2,1-4H3/t31-,38?,43+,44-,47+/m0/s1. The molecule has 0 bridgehead atoms. The first-order valence-corrected chi connectivity index (χ1v) is 23.3. The highest BCUT2D eigenvalue weighted by molar-refractivity contribution is 6.91. The second kappa shape index (κ2) is 15.3. The maximum Gasteiger partial charge on any atom is 0.279 e. The zero-order valence-corrected chi connectivity index (χ0v) is 34.7. The van der Waals surface area contributed by atoms with Crippen molar-refractivity contribution in [3.05, 3.63) is 166 Å². The van der Waals surface area contributed by atoms with E-state index in [0.717, 1.165) is 33.6 Å². The first-order valence-electron chi connectivity index (χ1n) is 20.2. The van der Waals surface area contributed by atoms with Crippen molar-refractivity contribution in [1.29, 1.82) is 0 Å². The average molecular weight is 805 g/mol. The lowest BCUT2D eigenvalue weighted by Gasteiger charge is -2.37. The monoisotopic (exact) mass is 804 g/mol. The number of ether oxygens (including phenoxy) is 2. The number of hydrogen-bond acceptors (Lipinski definition) is 7. The molecule has 1 saturated heterocycles. The lowest BCUT2D eigenvalue weighted by Crippen LogP contribution is -2.51. The summed E-state index contributed by atoms with van der Waals surface area (Å²) in [5, 5.41) is 24.5. The molecule has 0 saturated carbocycles. The summed E-state index contributed by atoms with van der Waals surface area (Å²) in [5.41, 5.74) is 4.07. The number of aliphatic hydroxyl groups excluding tert-OH is 1. The molecule has 2 N–H and O–H groups in total. The van der Waals surface area contributed by atoms with Crippen LogP contribution in [0, 0.1) is 5.92 Å². The Balaban J connectivity index is 1.14. The van der Waals surface area contributed by atoms with Gasteiger partial charge in [0, 0.05) is 24.2 Å². The number of carbonyl (C=O) groups excluding carboxylic acids is 1. The van der Waals surface area contributed by atoms with Gasteiger partial charge >= 0.3 is 0 Å². The Labute approximate surface area is 343 Å². The van der Waals surface area contributed by atoms with Crippen LogP contribution in [0.15, 0.2) is 138 Å². The minimum atomic E-state index is -2.45. The van der Waals surface area contributed by atoms with E-state index in [1.807, 2.05) is 131 Å². The van der Waals surface area contributed by atoms with E-state index in [0.29, 0.717) is 36.3 Å². The van der Waals surface area contributed by atoms with E-state index >= 15 is 4.79 Å². The maximum absolute atomic E-state index is 15.5. The summed E-state index contributed by atoms with van der Waals surface area (Å²) in [7, 11) is -0.778. The summed E-state index contributed by atoms with van der Waals surface area (Å²) in [6.07, 6.45) is 2.14. The molecule has 0 radical (unpaired) electrons. The quantitative estimate of drug-likeness (QED) is 0.129. The highest BCUT2D eigenvalue weighted by Gasteiger charge is 2.66. The smallest absolute Gasteiger partial charge is 0.279 e. The summed E-state index contributed by atoms with van der Waals surface area (Å²) in [4.78, 5) is 31.1. The molecule has 1 unspecified atom stereocenters. The number of nitrogens with one attached hydrogen (secondary N) is 1. The fraction of sp³-hybridized carbons (Fsp3) is 0.277. The maximum atomic E-state index is 15.5. The van der Waals surface area contributed by atoms with Crippen LogP contribution in [0.25, 0.3) is 16.6 Å². The van der Waals surface area contributed by atoms with Crippen LogP contribution in [-0.4, -0.2) is 63.7 Å². The first kappa shape index (κ1) is 38.4. The molecule has 300 valence electrons. The van der Waals surface area contributed by atoms with Crippen LogP contribution in [0.3, 0.4) is 0 Å². The summed E-state index contributed by atoms with van der Waals surface area (Å²) < 4.78 is 16.4. The minimum Gasteiger partial charge on any atom is -0.497 e. The van der Waals surface area contributed by atoms with Gasteiger partial charge in [0.2, 0.25) is 0 Å². The van der Waals surface area contributed by atoms with E-state index in [9.17, 15) is 9.90 Å². The number of aliphatic hydroxyl groups is 1. The molecule has 9 rings (SSSR count). The highest BCUT2D eigenvalue weighted by Crippen LogP contribution is 2.60. The molecule has 4 heterocycles. The molecule has 0 aliphatic carbocycles. The number of aryl methyl sites for hydroxylation is 1. The van der Waals surface area contributed by atoms with Gasteiger partial charge in [0.15, 0.2) is 5.60 Å². The lowest BCUT2D eigenvalue weighted by atomic mass is 9.82. The first-order chi connectivity index (χ1) is 28.6.